The van der Waals surface area contributed by atoms with Crippen molar-refractivity contribution in [3.8, 4) is 0 Å². The monoisotopic (exact) mass is 305 g/mol. The second-order valence-electron chi connectivity index (χ2n) is 5.66. The third-order valence-electron chi connectivity index (χ3n) is 3.27. The van der Waals surface area contributed by atoms with Crippen LogP contribution in [0.15, 0.2) is 36.7 Å². The Bertz CT molecular complexity index is 596. The Hall–Kier alpha value is -2.21. The first-order chi connectivity index (χ1) is 10.5. The summed E-state index contributed by atoms with van der Waals surface area (Å²) in [6, 6.07) is 5.64. The van der Waals surface area contributed by atoms with Crippen molar-refractivity contribution < 1.29 is 14.3 Å². The molecule has 2 N–H and O–H groups in total. The predicted octanol–water partition coefficient (Wildman–Crippen LogP) is 2.38. The molecule has 0 aliphatic heterocycles. The van der Waals surface area contributed by atoms with Crippen molar-refractivity contribution in [2.24, 2.45) is 5.92 Å². The lowest BCUT2D eigenvalue weighted by Crippen LogP contribution is -2.37. The van der Waals surface area contributed by atoms with Gasteiger partial charge in [-0.25, -0.2) is 4.39 Å². The van der Waals surface area contributed by atoms with Crippen molar-refractivity contribution in [2.75, 3.05) is 13.1 Å². The lowest BCUT2D eigenvalue weighted by molar-refractivity contribution is 0.0594. The smallest absolute Gasteiger partial charge is 0.257 e. The summed E-state index contributed by atoms with van der Waals surface area (Å²) in [5, 5.41) is 16.7. The van der Waals surface area contributed by atoms with Crippen LogP contribution in [0.2, 0.25) is 0 Å². The summed E-state index contributed by atoms with van der Waals surface area (Å²) in [6.07, 6.45) is 2.12. The molecule has 118 valence electrons. The minimum Gasteiger partial charge on any atom is -0.387 e. The minimum absolute atomic E-state index is 0.147. The first-order valence-electron chi connectivity index (χ1n) is 7.19. The van der Waals surface area contributed by atoms with Crippen LogP contribution in [0.3, 0.4) is 0 Å². The van der Waals surface area contributed by atoms with E-state index in [1.807, 2.05) is 13.8 Å². The number of H-pyrrole nitrogens is 1. The van der Waals surface area contributed by atoms with Crippen LogP contribution >= 0.6 is 0 Å². The molecule has 2 aromatic rings. The van der Waals surface area contributed by atoms with E-state index in [4.69, 9.17) is 0 Å². The first-order valence-corrected chi connectivity index (χ1v) is 7.19. The van der Waals surface area contributed by atoms with Gasteiger partial charge in [0.25, 0.3) is 5.91 Å². The summed E-state index contributed by atoms with van der Waals surface area (Å²) in [5.41, 5.74) is 1.03. The number of hydrogen-bond acceptors (Lipinski definition) is 3. The average molecular weight is 305 g/mol. The number of aliphatic hydroxyl groups excluding tert-OH is 1. The van der Waals surface area contributed by atoms with Gasteiger partial charge >= 0.3 is 0 Å². The second-order valence-corrected chi connectivity index (χ2v) is 5.66. The van der Waals surface area contributed by atoms with E-state index in [0.29, 0.717) is 17.7 Å². The van der Waals surface area contributed by atoms with Crippen LogP contribution < -0.4 is 0 Å². The number of carbonyl (C=O) groups is 1. The van der Waals surface area contributed by atoms with Crippen LogP contribution in [-0.2, 0) is 0 Å². The Balaban J connectivity index is 2.12. The van der Waals surface area contributed by atoms with Crippen LogP contribution in [0, 0.1) is 11.7 Å². The first kappa shape index (κ1) is 16.2. The van der Waals surface area contributed by atoms with E-state index in [1.165, 1.54) is 36.7 Å². The topological polar surface area (TPSA) is 69.2 Å². The normalized spacial score (nSPS) is 12.4. The number of halogens is 1. The Kier molecular flexibility index (Phi) is 5.27. The van der Waals surface area contributed by atoms with Gasteiger partial charge in [-0.05, 0) is 23.6 Å². The van der Waals surface area contributed by atoms with E-state index in [0.717, 1.165) is 0 Å². The molecule has 0 fully saturated rings. The number of amides is 1. The molecule has 0 aliphatic carbocycles. The second kappa shape index (κ2) is 7.17. The molecule has 2 rings (SSSR count). The van der Waals surface area contributed by atoms with Gasteiger partial charge in [-0.15, -0.1) is 0 Å². The molecule has 0 spiro atoms. The molecule has 5 nitrogen and oxygen atoms in total. The molecule has 1 heterocycles. The number of carbonyl (C=O) groups excluding carboxylic acids is 1. The highest BCUT2D eigenvalue weighted by Gasteiger charge is 2.21. The summed E-state index contributed by atoms with van der Waals surface area (Å²) in [6.45, 7) is 4.66. The maximum atomic E-state index is 12.9. The van der Waals surface area contributed by atoms with E-state index in [-0.39, 0.29) is 24.2 Å². The Morgan fingerprint density at radius 3 is 2.55 bits per heavy atom. The molecule has 0 saturated carbocycles. The summed E-state index contributed by atoms with van der Waals surface area (Å²) >= 11 is 0. The standard InChI is InChI=1S/C16H20FN3O2/c1-11(2)9-20(16(22)13-7-18-19-8-13)10-15(21)12-3-5-14(17)6-4-12/h3-8,11,15,21H,9-10H2,1-2H3,(H,18,19)/t15-/m0/s1. The maximum Gasteiger partial charge on any atom is 0.257 e. The molecule has 0 bridgehead atoms. The molecule has 1 aromatic carbocycles. The fourth-order valence-corrected chi connectivity index (χ4v) is 2.23. The molecule has 22 heavy (non-hydrogen) atoms. The highest BCUT2D eigenvalue weighted by molar-refractivity contribution is 5.93. The van der Waals surface area contributed by atoms with Crippen molar-refractivity contribution in [3.63, 3.8) is 0 Å². The van der Waals surface area contributed by atoms with E-state index in [9.17, 15) is 14.3 Å². The third kappa shape index (κ3) is 4.14. The molecule has 0 radical (unpaired) electrons. The fraction of sp³-hybridized carbons (Fsp3) is 0.375. The molecule has 1 amide bonds. The van der Waals surface area contributed by atoms with Crippen LogP contribution in [0.1, 0.15) is 35.9 Å². The van der Waals surface area contributed by atoms with E-state index in [2.05, 4.69) is 10.2 Å². The van der Waals surface area contributed by atoms with Crippen molar-refractivity contribution in [2.45, 2.75) is 20.0 Å². The van der Waals surface area contributed by atoms with Crippen molar-refractivity contribution in [1.82, 2.24) is 15.1 Å². The van der Waals surface area contributed by atoms with Crippen LogP contribution in [0.4, 0.5) is 4.39 Å². The molecule has 1 atom stereocenters. The Morgan fingerprint density at radius 1 is 1.32 bits per heavy atom. The van der Waals surface area contributed by atoms with Gasteiger partial charge in [0.15, 0.2) is 0 Å². The van der Waals surface area contributed by atoms with Crippen molar-refractivity contribution >= 4 is 5.91 Å². The van der Waals surface area contributed by atoms with Gasteiger partial charge < -0.3 is 10.0 Å². The molecule has 0 aliphatic rings. The summed E-state index contributed by atoms with van der Waals surface area (Å²) in [4.78, 5) is 14.0. The van der Waals surface area contributed by atoms with Gasteiger partial charge in [0, 0.05) is 12.7 Å². The van der Waals surface area contributed by atoms with Gasteiger partial charge in [-0.2, -0.15) is 5.10 Å². The fourth-order valence-electron chi connectivity index (χ4n) is 2.23. The van der Waals surface area contributed by atoms with Gasteiger partial charge in [0.05, 0.1) is 24.4 Å². The van der Waals surface area contributed by atoms with Gasteiger partial charge in [0.1, 0.15) is 5.82 Å². The van der Waals surface area contributed by atoms with Crippen LogP contribution in [0.5, 0.6) is 0 Å². The summed E-state index contributed by atoms with van der Waals surface area (Å²) in [5.74, 6) is -0.288. The van der Waals surface area contributed by atoms with Crippen LogP contribution in [-0.4, -0.2) is 39.2 Å². The number of nitrogens with zero attached hydrogens (tertiary/aromatic N) is 2. The molecular formula is C16H20FN3O2. The lowest BCUT2D eigenvalue weighted by atomic mass is 10.1. The quantitative estimate of drug-likeness (QED) is 0.861. The highest BCUT2D eigenvalue weighted by Crippen LogP contribution is 2.17. The van der Waals surface area contributed by atoms with Crippen molar-refractivity contribution in [1.29, 1.82) is 0 Å². The number of hydrogen-bond donors (Lipinski definition) is 2. The molecule has 6 heteroatoms. The van der Waals surface area contributed by atoms with Crippen LogP contribution in [0.25, 0.3) is 0 Å². The number of aliphatic hydroxyl groups is 1. The number of nitrogens with one attached hydrogen (secondary N) is 1. The minimum atomic E-state index is -0.866. The SMILES string of the molecule is CC(C)CN(C[C@H](O)c1ccc(F)cc1)C(=O)c1cn[nH]c1. The molecule has 0 unspecified atom stereocenters. The zero-order chi connectivity index (χ0) is 16.1. The van der Waals surface area contributed by atoms with Gasteiger partial charge in [-0.1, -0.05) is 26.0 Å². The van der Waals surface area contributed by atoms with E-state index in [1.54, 1.807) is 4.90 Å². The highest BCUT2D eigenvalue weighted by atomic mass is 19.1. The summed E-state index contributed by atoms with van der Waals surface area (Å²) < 4.78 is 12.9. The number of benzene rings is 1. The number of rotatable bonds is 6. The third-order valence-corrected chi connectivity index (χ3v) is 3.27. The average Bonchev–Trinajstić information content (AvgIpc) is 3.00. The van der Waals surface area contributed by atoms with Gasteiger partial charge in [0.2, 0.25) is 0 Å². The number of aromatic amines is 1. The number of aromatic nitrogens is 2. The molecule has 1 aromatic heterocycles. The largest absolute Gasteiger partial charge is 0.387 e. The zero-order valence-corrected chi connectivity index (χ0v) is 12.7. The lowest BCUT2D eigenvalue weighted by Gasteiger charge is -2.26. The predicted molar refractivity (Wildman–Crippen MR) is 80.7 cm³/mol. The van der Waals surface area contributed by atoms with E-state index >= 15 is 0 Å². The van der Waals surface area contributed by atoms with Gasteiger partial charge in [-0.3, -0.25) is 9.89 Å². The molecular weight excluding hydrogens is 285 g/mol. The Morgan fingerprint density at radius 2 is 2.00 bits per heavy atom. The maximum absolute atomic E-state index is 12.9. The van der Waals surface area contributed by atoms with Crippen molar-refractivity contribution in [3.05, 3.63) is 53.6 Å². The summed E-state index contributed by atoms with van der Waals surface area (Å²) in [7, 11) is 0. The van der Waals surface area contributed by atoms with E-state index < -0.39 is 6.10 Å². The zero-order valence-electron chi connectivity index (χ0n) is 12.7. The Labute approximate surface area is 128 Å². The molecule has 0 saturated heterocycles.